The van der Waals surface area contributed by atoms with Gasteiger partial charge in [0, 0.05) is 10.3 Å². The monoisotopic (exact) mass is 387 g/mol. The lowest BCUT2D eigenvalue weighted by molar-refractivity contribution is -0.148. The molecule has 4 nitrogen and oxygen atoms in total. The zero-order valence-corrected chi connectivity index (χ0v) is 15.7. The van der Waals surface area contributed by atoms with Gasteiger partial charge < -0.3 is 9.84 Å². The van der Waals surface area contributed by atoms with Gasteiger partial charge in [-0.25, -0.2) is 0 Å². The molecule has 0 bridgehead atoms. The van der Waals surface area contributed by atoms with Gasteiger partial charge in [0.25, 0.3) is 0 Å². The first kappa shape index (κ1) is 18.8. The predicted molar refractivity (Wildman–Crippen MR) is 102 cm³/mol. The van der Waals surface area contributed by atoms with Crippen LogP contribution in [-0.4, -0.2) is 22.9 Å². The van der Waals surface area contributed by atoms with Crippen LogP contribution in [-0.2, 0) is 15.1 Å². The van der Waals surface area contributed by atoms with E-state index in [2.05, 4.69) is 6.07 Å². The molecular formula is C20H18ClNO3S. The van der Waals surface area contributed by atoms with E-state index in [1.54, 1.807) is 43.3 Å². The number of hydrogen-bond acceptors (Lipinski definition) is 5. The van der Waals surface area contributed by atoms with Crippen molar-refractivity contribution in [3.05, 3.63) is 70.7 Å². The van der Waals surface area contributed by atoms with Crippen LogP contribution in [0.2, 0.25) is 5.02 Å². The lowest BCUT2D eigenvalue weighted by atomic mass is 9.76. The molecule has 1 heterocycles. The van der Waals surface area contributed by atoms with Gasteiger partial charge in [-0.3, -0.25) is 4.79 Å². The maximum atomic E-state index is 12.6. The van der Waals surface area contributed by atoms with E-state index in [1.165, 1.54) is 11.8 Å². The summed E-state index contributed by atoms with van der Waals surface area (Å²) in [7, 11) is 0. The molecule has 2 aromatic carbocycles. The highest BCUT2D eigenvalue weighted by Crippen LogP contribution is 2.58. The van der Waals surface area contributed by atoms with Gasteiger partial charge in [0.05, 0.1) is 18.6 Å². The number of benzene rings is 2. The molecule has 0 aromatic heterocycles. The van der Waals surface area contributed by atoms with Gasteiger partial charge in [0.15, 0.2) is 0 Å². The minimum absolute atomic E-state index is 0.212. The number of carbonyl (C=O) groups excluding carboxylic acids is 1. The number of halogens is 1. The third-order valence-electron chi connectivity index (χ3n) is 4.53. The molecule has 0 saturated carbocycles. The Labute approximate surface area is 161 Å². The summed E-state index contributed by atoms with van der Waals surface area (Å²) >= 11 is 7.23. The van der Waals surface area contributed by atoms with Crippen LogP contribution in [0, 0.1) is 17.2 Å². The Hall–Kier alpha value is -2.00. The lowest BCUT2D eigenvalue weighted by Gasteiger charge is -2.31. The smallest absolute Gasteiger partial charge is 0.322 e. The normalized spacial score (nSPS) is 27.7. The molecular weight excluding hydrogens is 370 g/mol. The second-order valence-electron chi connectivity index (χ2n) is 6.04. The van der Waals surface area contributed by atoms with Crippen molar-refractivity contribution in [3.8, 4) is 6.07 Å². The maximum Gasteiger partial charge on any atom is 0.322 e. The van der Waals surface area contributed by atoms with E-state index in [4.69, 9.17) is 16.3 Å². The summed E-state index contributed by atoms with van der Waals surface area (Å²) < 4.78 is 5.19. The van der Waals surface area contributed by atoms with Gasteiger partial charge in [-0.1, -0.05) is 54.1 Å². The highest BCUT2D eigenvalue weighted by Gasteiger charge is 2.60. The zero-order chi connectivity index (χ0) is 18.7. The number of hydrogen-bond donors (Lipinski definition) is 1. The molecule has 6 heteroatoms. The topological polar surface area (TPSA) is 70.3 Å². The molecule has 0 unspecified atom stereocenters. The number of nitrogens with zero attached hydrogens (tertiary/aromatic N) is 1. The average molecular weight is 388 g/mol. The van der Waals surface area contributed by atoms with Gasteiger partial charge in [-0.15, -0.1) is 11.8 Å². The molecule has 1 saturated heterocycles. The Balaban J connectivity index is 2.10. The van der Waals surface area contributed by atoms with Crippen LogP contribution in [0.4, 0.5) is 0 Å². The Morgan fingerprint density at radius 2 is 1.92 bits per heavy atom. The number of nitriles is 1. The van der Waals surface area contributed by atoms with Crippen molar-refractivity contribution in [3.63, 3.8) is 0 Å². The fraction of sp³-hybridized carbons (Fsp3) is 0.300. The molecule has 2 aromatic rings. The summed E-state index contributed by atoms with van der Waals surface area (Å²) in [5.74, 6) is -1.33. The maximum absolute atomic E-state index is 12.6. The summed E-state index contributed by atoms with van der Waals surface area (Å²) in [4.78, 5) is 12.6. The Bertz CT molecular complexity index is 821. The molecule has 1 N–H and O–H groups in total. The first-order valence-electron chi connectivity index (χ1n) is 8.27. The Kier molecular flexibility index (Phi) is 5.57. The number of rotatable bonds is 4. The fourth-order valence-corrected chi connectivity index (χ4v) is 5.13. The van der Waals surface area contributed by atoms with Crippen LogP contribution in [0.25, 0.3) is 0 Å². The zero-order valence-electron chi connectivity index (χ0n) is 14.1. The summed E-state index contributed by atoms with van der Waals surface area (Å²) in [5, 5.41) is 20.8. The molecule has 134 valence electrons. The van der Waals surface area contributed by atoms with Crippen molar-refractivity contribution in [2.24, 2.45) is 5.92 Å². The summed E-state index contributed by atoms with van der Waals surface area (Å²) in [6.45, 7) is 1.93. The van der Waals surface area contributed by atoms with Crippen LogP contribution < -0.4 is 0 Å². The van der Waals surface area contributed by atoms with E-state index in [0.717, 1.165) is 5.56 Å². The van der Waals surface area contributed by atoms with E-state index in [0.29, 0.717) is 10.6 Å². The van der Waals surface area contributed by atoms with Gasteiger partial charge in [0.2, 0.25) is 0 Å². The van der Waals surface area contributed by atoms with Crippen LogP contribution in [0.15, 0.2) is 54.6 Å². The lowest BCUT2D eigenvalue weighted by Crippen LogP contribution is -2.44. The molecule has 3 rings (SSSR count). The molecule has 0 spiro atoms. The molecule has 26 heavy (non-hydrogen) atoms. The summed E-state index contributed by atoms with van der Waals surface area (Å²) in [6, 6.07) is 18.2. The van der Waals surface area contributed by atoms with Crippen molar-refractivity contribution in [2.75, 3.05) is 6.61 Å². The first-order valence-corrected chi connectivity index (χ1v) is 9.59. The standard InChI is InChI=1S/C20H18ClNO3S/c1-2-25-19(23)18-20(24,14-6-4-3-5-7-14)16(12-22)17(26-18)13-8-10-15(21)11-9-13/h3-11,16-18,24H,2H2,1H3/t16-,17-,18+,20-/m1/s1. The SMILES string of the molecule is CCOC(=O)[C@@H]1S[C@H](c2ccc(Cl)cc2)[C@@H](C#N)[C@]1(O)c1ccccc1. The minimum Gasteiger partial charge on any atom is -0.465 e. The highest BCUT2D eigenvalue weighted by molar-refractivity contribution is 8.01. The number of thioether (sulfide) groups is 1. The summed E-state index contributed by atoms with van der Waals surface area (Å²) in [5.41, 5.74) is -0.266. The Morgan fingerprint density at radius 3 is 2.50 bits per heavy atom. The second-order valence-corrected chi connectivity index (χ2v) is 7.73. The first-order chi connectivity index (χ1) is 12.5. The number of carbonyl (C=O) groups is 1. The van der Waals surface area contributed by atoms with E-state index in [-0.39, 0.29) is 11.9 Å². The van der Waals surface area contributed by atoms with Gasteiger partial charge in [-0.05, 0) is 30.2 Å². The van der Waals surface area contributed by atoms with Gasteiger partial charge in [-0.2, -0.15) is 5.26 Å². The average Bonchev–Trinajstić information content (AvgIpc) is 2.97. The highest BCUT2D eigenvalue weighted by atomic mass is 35.5. The third kappa shape index (κ3) is 3.21. The second kappa shape index (κ2) is 7.71. The summed E-state index contributed by atoms with van der Waals surface area (Å²) in [6.07, 6.45) is 0. The molecule has 0 aliphatic carbocycles. The fourth-order valence-electron chi connectivity index (χ4n) is 3.30. The quantitative estimate of drug-likeness (QED) is 0.800. The van der Waals surface area contributed by atoms with Crippen molar-refractivity contribution >= 4 is 29.3 Å². The third-order valence-corrected chi connectivity index (χ3v) is 6.45. The largest absolute Gasteiger partial charge is 0.465 e. The van der Waals surface area contributed by atoms with Crippen LogP contribution in [0.5, 0.6) is 0 Å². The van der Waals surface area contributed by atoms with Crippen molar-refractivity contribution in [1.29, 1.82) is 5.26 Å². The number of ether oxygens (including phenoxy) is 1. The van der Waals surface area contributed by atoms with Crippen LogP contribution in [0.3, 0.4) is 0 Å². The van der Waals surface area contributed by atoms with Crippen LogP contribution >= 0.6 is 23.4 Å². The van der Waals surface area contributed by atoms with E-state index in [9.17, 15) is 15.2 Å². The predicted octanol–water partition coefficient (Wildman–Crippen LogP) is 4.09. The molecule has 1 aliphatic rings. The van der Waals surface area contributed by atoms with Gasteiger partial charge in [0.1, 0.15) is 10.9 Å². The van der Waals surface area contributed by atoms with Crippen LogP contribution in [0.1, 0.15) is 23.3 Å². The van der Waals surface area contributed by atoms with Gasteiger partial charge >= 0.3 is 5.97 Å². The van der Waals surface area contributed by atoms with E-state index < -0.39 is 22.7 Å². The molecule has 1 fully saturated rings. The minimum atomic E-state index is -1.64. The Morgan fingerprint density at radius 1 is 1.27 bits per heavy atom. The van der Waals surface area contributed by atoms with E-state index in [1.807, 2.05) is 18.2 Å². The number of aliphatic hydroxyl groups is 1. The molecule has 4 atom stereocenters. The van der Waals surface area contributed by atoms with Crippen molar-refractivity contribution in [2.45, 2.75) is 23.0 Å². The number of esters is 1. The van der Waals surface area contributed by atoms with Crippen molar-refractivity contribution in [1.82, 2.24) is 0 Å². The molecule has 0 amide bonds. The molecule has 1 aliphatic heterocycles. The van der Waals surface area contributed by atoms with E-state index >= 15 is 0 Å². The molecule has 0 radical (unpaired) electrons. The van der Waals surface area contributed by atoms with Crippen molar-refractivity contribution < 1.29 is 14.6 Å².